The molecule has 1 aromatic heterocycles. The number of hydrogen-bond acceptors (Lipinski definition) is 5. The Labute approximate surface area is 159 Å². The van der Waals surface area contributed by atoms with Crippen LogP contribution in [0.2, 0.25) is 5.02 Å². The number of aromatic nitrogens is 2. The van der Waals surface area contributed by atoms with Gasteiger partial charge in [-0.1, -0.05) is 23.7 Å². The molecule has 0 saturated carbocycles. The predicted molar refractivity (Wildman–Crippen MR) is 101 cm³/mol. The van der Waals surface area contributed by atoms with E-state index < -0.39 is 10.0 Å². The molecule has 6 nitrogen and oxygen atoms in total. The predicted octanol–water partition coefficient (Wildman–Crippen LogP) is 3.12. The van der Waals surface area contributed by atoms with Gasteiger partial charge in [-0.05, 0) is 50.5 Å². The normalized spacial score (nSPS) is 18.7. The first-order chi connectivity index (χ1) is 12.3. The van der Waals surface area contributed by atoms with Crippen molar-refractivity contribution < 1.29 is 13.2 Å². The van der Waals surface area contributed by atoms with Crippen molar-refractivity contribution in [2.45, 2.75) is 38.5 Å². The van der Waals surface area contributed by atoms with Crippen LogP contribution in [-0.2, 0) is 15.8 Å². The fraction of sp³-hybridized carbons (Fsp3) is 0.444. The molecule has 26 heavy (non-hydrogen) atoms. The standard InChI is InChI=1S/C18H22ClN3O3S/c1-13-10-14(2)21-18(20-13)25-17-4-3-9-22(11-17)26(23,24)12-15-5-7-16(19)8-6-15/h5-8,10,17H,3-4,9,11-12H2,1-2H3. The zero-order valence-electron chi connectivity index (χ0n) is 14.9. The van der Waals surface area contributed by atoms with Crippen LogP contribution in [0.4, 0.5) is 0 Å². The average molecular weight is 396 g/mol. The van der Waals surface area contributed by atoms with Gasteiger partial charge < -0.3 is 4.74 Å². The Morgan fingerprint density at radius 1 is 1.19 bits per heavy atom. The summed E-state index contributed by atoms with van der Waals surface area (Å²) in [5, 5.41) is 0.589. The van der Waals surface area contributed by atoms with Crippen molar-refractivity contribution >= 4 is 21.6 Å². The van der Waals surface area contributed by atoms with Crippen LogP contribution in [0.5, 0.6) is 6.01 Å². The highest BCUT2D eigenvalue weighted by molar-refractivity contribution is 7.88. The van der Waals surface area contributed by atoms with Gasteiger partial charge in [0.25, 0.3) is 0 Å². The number of benzene rings is 1. The molecule has 0 spiro atoms. The molecular weight excluding hydrogens is 374 g/mol. The quantitative estimate of drug-likeness (QED) is 0.777. The topological polar surface area (TPSA) is 72.4 Å². The minimum atomic E-state index is -3.42. The van der Waals surface area contributed by atoms with Gasteiger partial charge in [0, 0.05) is 23.0 Å². The Hall–Kier alpha value is -1.70. The lowest BCUT2D eigenvalue weighted by molar-refractivity contribution is 0.118. The lowest BCUT2D eigenvalue weighted by Gasteiger charge is -2.31. The highest BCUT2D eigenvalue weighted by Crippen LogP contribution is 2.21. The first-order valence-electron chi connectivity index (χ1n) is 8.53. The van der Waals surface area contributed by atoms with Gasteiger partial charge in [0.1, 0.15) is 6.10 Å². The van der Waals surface area contributed by atoms with Crippen LogP contribution in [0.3, 0.4) is 0 Å². The molecule has 8 heteroatoms. The molecule has 1 aromatic carbocycles. The van der Waals surface area contributed by atoms with Crippen LogP contribution in [0.1, 0.15) is 29.8 Å². The van der Waals surface area contributed by atoms with E-state index >= 15 is 0 Å². The lowest BCUT2D eigenvalue weighted by atomic mass is 10.1. The summed E-state index contributed by atoms with van der Waals surface area (Å²) in [6.07, 6.45) is 1.28. The third-order valence-electron chi connectivity index (χ3n) is 4.23. The summed E-state index contributed by atoms with van der Waals surface area (Å²) < 4.78 is 32.9. The summed E-state index contributed by atoms with van der Waals surface area (Å²) in [6.45, 7) is 4.58. The summed E-state index contributed by atoms with van der Waals surface area (Å²) in [7, 11) is -3.42. The van der Waals surface area contributed by atoms with E-state index in [0.29, 0.717) is 24.1 Å². The van der Waals surface area contributed by atoms with Gasteiger partial charge in [0.05, 0.1) is 12.3 Å². The number of piperidine rings is 1. The summed E-state index contributed by atoms with van der Waals surface area (Å²) in [6, 6.07) is 9.06. The number of ether oxygens (including phenoxy) is 1. The van der Waals surface area contributed by atoms with E-state index in [1.807, 2.05) is 19.9 Å². The molecule has 3 rings (SSSR count). The van der Waals surface area contributed by atoms with Crippen molar-refractivity contribution in [1.29, 1.82) is 0 Å². The molecule has 0 aliphatic carbocycles. The summed E-state index contributed by atoms with van der Waals surface area (Å²) in [5.41, 5.74) is 2.38. The molecule has 1 atom stereocenters. The maximum atomic E-state index is 12.8. The van der Waals surface area contributed by atoms with Gasteiger partial charge in [-0.2, -0.15) is 4.31 Å². The van der Waals surface area contributed by atoms with Crippen LogP contribution in [-0.4, -0.2) is 41.9 Å². The van der Waals surface area contributed by atoms with Crippen LogP contribution in [0.15, 0.2) is 30.3 Å². The second-order valence-corrected chi connectivity index (χ2v) is 8.96. The Morgan fingerprint density at radius 2 is 1.85 bits per heavy atom. The van der Waals surface area contributed by atoms with Crippen molar-refractivity contribution in [2.24, 2.45) is 0 Å². The largest absolute Gasteiger partial charge is 0.459 e. The first kappa shape index (κ1) is 19.1. The Kier molecular flexibility index (Phi) is 5.79. The number of hydrogen-bond donors (Lipinski definition) is 0. The van der Waals surface area contributed by atoms with Crippen molar-refractivity contribution in [3.05, 3.63) is 52.3 Å². The Morgan fingerprint density at radius 3 is 2.50 bits per heavy atom. The van der Waals surface area contributed by atoms with Gasteiger partial charge >= 0.3 is 6.01 Å². The minimum Gasteiger partial charge on any atom is -0.459 e. The second kappa shape index (κ2) is 7.90. The molecule has 1 aliphatic heterocycles. The fourth-order valence-corrected chi connectivity index (χ4v) is 4.75. The fourth-order valence-electron chi connectivity index (χ4n) is 3.03. The molecular formula is C18H22ClN3O3S. The molecule has 1 aliphatic rings. The van der Waals surface area contributed by atoms with Crippen molar-refractivity contribution in [3.63, 3.8) is 0 Å². The van der Waals surface area contributed by atoms with E-state index in [1.54, 1.807) is 24.3 Å². The molecule has 2 heterocycles. The molecule has 0 bridgehead atoms. The number of aryl methyl sites for hydroxylation is 2. The molecule has 1 unspecified atom stereocenters. The zero-order chi connectivity index (χ0) is 18.7. The summed E-state index contributed by atoms with van der Waals surface area (Å²) in [4.78, 5) is 8.56. The SMILES string of the molecule is Cc1cc(C)nc(OC2CCCN(S(=O)(=O)Cc3ccc(Cl)cc3)C2)n1. The third-order valence-corrected chi connectivity index (χ3v) is 6.30. The van der Waals surface area contributed by atoms with Crippen LogP contribution >= 0.6 is 11.6 Å². The van der Waals surface area contributed by atoms with Crippen molar-refractivity contribution in [3.8, 4) is 6.01 Å². The number of nitrogens with zero attached hydrogens (tertiary/aromatic N) is 3. The van der Waals surface area contributed by atoms with Gasteiger partial charge in [0.15, 0.2) is 0 Å². The van der Waals surface area contributed by atoms with E-state index in [0.717, 1.165) is 29.8 Å². The number of halogens is 1. The van der Waals surface area contributed by atoms with Gasteiger partial charge in [-0.15, -0.1) is 0 Å². The molecule has 1 saturated heterocycles. The maximum Gasteiger partial charge on any atom is 0.317 e. The zero-order valence-corrected chi connectivity index (χ0v) is 16.4. The van der Waals surface area contributed by atoms with Crippen LogP contribution in [0, 0.1) is 13.8 Å². The monoisotopic (exact) mass is 395 g/mol. The first-order valence-corrected chi connectivity index (χ1v) is 10.5. The Balaban J connectivity index is 1.67. The van der Waals surface area contributed by atoms with Gasteiger partial charge in [0.2, 0.25) is 10.0 Å². The molecule has 2 aromatic rings. The summed E-state index contributed by atoms with van der Waals surface area (Å²) in [5.74, 6) is -0.0447. The third kappa shape index (κ3) is 4.93. The Bertz CT molecular complexity index is 852. The second-order valence-electron chi connectivity index (χ2n) is 6.56. The number of sulfonamides is 1. The van der Waals surface area contributed by atoms with Crippen molar-refractivity contribution in [1.82, 2.24) is 14.3 Å². The molecule has 0 N–H and O–H groups in total. The maximum absolute atomic E-state index is 12.8. The highest BCUT2D eigenvalue weighted by atomic mass is 35.5. The van der Waals surface area contributed by atoms with Crippen LogP contribution in [0.25, 0.3) is 0 Å². The smallest absolute Gasteiger partial charge is 0.317 e. The van der Waals surface area contributed by atoms with Gasteiger partial charge in [-0.3, -0.25) is 0 Å². The lowest BCUT2D eigenvalue weighted by Crippen LogP contribution is -2.44. The molecule has 0 amide bonds. The van der Waals surface area contributed by atoms with Crippen molar-refractivity contribution in [2.75, 3.05) is 13.1 Å². The van der Waals surface area contributed by atoms with E-state index in [1.165, 1.54) is 4.31 Å². The minimum absolute atomic E-state index is 0.0447. The van der Waals surface area contributed by atoms with E-state index in [-0.39, 0.29) is 11.9 Å². The van der Waals surface area contributed by atoms with E-state index in [9.17, 15) is 8.42 Å². The van der Waals surface area contributed by atoms with Crippen LogP contribution < -0.4 is 4.74 Å². The van der Waals surface area contributed by atoms with Gasteiger partial charge in [-0.25, -0.2) is 18.4 Å². The highest BCUT2D eigenvalue weighted by Gasteiger charge is 2.30. The molecule has 1 fully saturated rings. The number of rotatable bonds is 5. The molecule has 140 valence electrons. The van der Waals surface area contributed by atoms with E-state index in [2.05, 4.69) is 9.97 Å². The summed E-state index contributed by atoms with van der Waals surface area (Å²) >= 11 is 5.86. The molecule has 0 radical (unpaired) electrons. The average Bonchev–Trinajstić information content (AvgIpc) is 2.56. The van der Waals surface area contributed by atoms with E-state index in [4.69, 9.17) is 16.3 Å².